The van der Waals surface area contributed by atoms with Crippen molar-refractivity contribution in [1.82, 2.24) is 0 Å². The molecule has 0 bridgehead atoms. The molecule has 0 saturated carbocycles. The summed E-state index contributed by atoms with van der Waals surface area (Å²) in [5.41, 5.74) is 0.306. The van der Waals surface area contributed by atoms with Crippen LogP contribution in [0.25, 0.3) is 0 Å². The molecule has 0 saturated heterocycles. The maximum Gasteiger partial charge on any atom is 0.326 e. The van der Waals surface area contributed by atoms with Gasteiger partial charge < -0.3 is 9.47 Å². The van der Waals surface area contributed by atoms with Crippen molar-refractivity contribution in [3.8, 4) is 5.75 Å². The first-order chi connectivity index (χ1) is 8.90. The van der Waals surface area contributed by atoms with Gasteiger partial charge in [-0.1, -0.05) is 12.1 Å². The number of para-hydroxylation sites is 2. The van der Waals surface area contributed by atoms with E-state index in [1.807, 2.05) is 0 Å². The zero-order valence-corrected chi connectivity index (χ0v) is 11.9. The molecule has 1 aromatic rings. The fourth-order valence-electron chi connectivity index (χ4n) is 1.54. The first-order valence-electron chi connectivity index (χ1n) is 5.66. The summed E-state index contributed by atoms with van der Waals surface area (Å²) in [5, 5.41) is 0. The van der Waals surface area contributed by atoms with Crippen LogP contribution in [0.2, 0.25) is 0 Å². The zero-order chi connectivity index (χ0) is 14.5. The van der Waals surface area contributed by atoms with Crippen LogP contribution >= 0.6 is 0 Å². The lowest BCUT2D eigenvalue weighted by molar-refractivity contribution is -0.141. The van der Waals surface area contributed by atoms with Crippen LogP contribution in [0.15, 0.2) is 24.3 Å². The van der Waals surface area contributed by atoms with E-state index in [0.717, 1.165) is 10.6 Å². The second kappa shape index (κ2) is 6.42. The molecule has 7 heteroatoms. The van der Waals surface area contributed by atoms with Gasteiger partial charge in [-0.15, -0.1) is 0 Å². The van der Waals surface area contributed by atoms with Crippen LogP contribution in [-0.2, 0) is 19.6 Å². The largest absolute Gasteiger partial charge is 0.495 e. The van der Waals surface area contributed by atoms with Gasteiger partial charge in [0.2, 0.25) is 10.0 Å². The van der Waals surface area contributed by atoms with Crippen LogP contribution in [0, 0.1) is 0 Å². The Balaban J connectivity index is 3.14. The van der Waals surface area contributed by atoms with Gasteiger partial charge >= 0.3 is 5.97 Å². The number of hydrogen-bond acceptors (Lipinski definition) is 5. The summed E-state index contributed by atoms with van der Waals surface area (Å²) < 4.78 is 34.4. The Bertz CT molecular complexity index is 541. The van der Waals surface area contributed by atoms with Gasteiger partial charge in [0.15, 0.2) is 0 Å². The Kier molecular flexibility index (Phi) is 5.17. The summed E-state index contributed by atoms with van der Waals surface area (Å²) >= 11 is 0. The van der Waals surface area contributed by atoms with Crippen LogP contribution < -0.4 is 9.04 Å². The van der Waals surface area contributed by atoms with Crippen molar-refractivity contribution in [2.75, 3.05) is 30.8 Å². The second-order valence-corrected chi connectivity index (χ2v) is 5.65. The number of anilines is 1. The lowest BCUT2D eigenvalue weighted by atomic mass is 10.3. The van der Waals surface area contributed by atoms with E-state index in [1.165, 1.54) is 7.11 Å². The maximum absolute atomic E-state index is 11.8. The molecule has 0 heterocycles. The Labute approximate surface area is 113 Å². The first-order valence-corrected chi connectivity index (χ1v) is 7.51. The number of ether oxygens (including phenoxy) is 2. The van der Waals surface area contributed by atoms with E-state index in [-0.39, 0.29) is 13.2 Å². The lowest BCUT2D eigenvalue weighted by Crippen LogP contribution is -2.36. The van der Waals surface area contributed by atoms with Crippen LogP contribution in [0.5, 0.6) is 5.75 Å². The normalized spacial score (nSPS) is 10.9. The molecule has 1 aromatic carbocycles. The highest BCUT2D eigenvalue weighted by atomic mass is 32.2. The topological polar surface area (TPSA) is 72.9 Å². The number of methoxy groups -OCH3 is 1. The fourth-order valence-corrected chi connectivity index (χ4v) is 2.39. The van der Waals surface area contributed by atoms with Gasteiger partial charge in [-0.25, -0.2) is 8.42 Å². The van der Waals surface area contributed by atoms with Gasteiger partial charge in [-0.05, 0) is 19.1 Å². The van der Waals surface area contributed by atoms with E-state index in [4.69, 9.17) is 9.47 Å². The Morgan fingerprint density at radius 2 is 1.95 bits per heavy atom. The SMILES string of the molecule is CCOC(=O)CN(c1ccccc1OC)S(C)(=O)=O. The minimum Gasteiger partial charge on any atom is -0.495 e. The Morgan fingerprint density at radius 1 is 1.32 bits per heavy atom. The highest BCUT2D eigenvalue weighted by molar-refractivity contribution is 7.92. The van der Waals surface area contributed by atoms with Crippen molar-refractivity contribution in [2.45, 2.75) is 6.92 Å². The molecule has 0 aromatic heterocycles. The summed E-state index contributed by atoms with van der Waals surface area (Å²) in [5.74, 6) is -0.240. The Hall–Kier alpha value is -1.76. The number of benzene rings is 1. The molecule has 0 aliphatic heterocycles. The number of rotatable bonds is 6. The molecule has 1 rings (SSSR count). The average molecular weight is 287 g/mol. The first kappa shape index (κ1) is 15.3. The zero-order valence-electron chi connectivity index (χ0n) is 11.1. The van der Waals surface area contributed by atoms with Crippen LogP contribution in [0.3, 0.4) is 0 Å². The van der Waals surface area contributed by atoms with Gasteiger partial charge in [-0.2, -0.15) is 0 Å². The summed E-state index contributed by atoms with van der Waals surface area (Å²) in [6, 6.07) is 6.58. The average Bonchev–Trinajstić information content (AvgIpc) is 2.35. The number of sulfonamides is 1. The van der Waals surface area contributed by atoms with Gasteiger partial charge in [0.05, 0.1) is 25.7 Å². The van der Waals surface area contributed by atoms with Crippen molar-refractivity contribution in [2.24, 2.45) is 0 Å². The van der Waals surface area contributed by atoms with Gasteiger partial charge in [-0.3, -0.25) is 9.10 Å². The van der Waals surface area contributed by atoms with Crippen LogP contribution in [0.1, 0.15) is 6.92 Å². The van der Waals surface area contributed by atoms with E-state index in [2.05, 4.69) is 0 Å². The van der Waals surface area contributed by atoms with Crippen molar-refractivity contribution < 1.29 is 22.7 Å². The number of carbonyl (C=O) groups excluding carboxylic acids is 1. The summed E-state index contributed by atoms with van der Waals surface area (Å²) in [6.45, 7) is 1.47. The quantitative estimate of drug-likeness (QED) is 0.730. The third-order valence-electron chi connectivity index (χ3n) is 2.33. The highest BCUT2D eigenvalue weighted by Crippen LogP contribution is 2.29. The minimum absolute atomic E-state index is 0.197. The number of carbonyl (C=O) groups is 1. The van der Waals surface area contributed by atoms with E-state index in [9.17, 15) is 13.2 Å². The Morgan fingerprint density at radius 3 is 2.47 bits per heavy atom. The molecule has 0 N–H and O–H groups in total. The number of hydrogen-bond donors (Lipinski definition) is 0. The maximum atomic E-state index is 11.8. The van der Waals surface area contributed by atoms with Crippen molar-refractivity contribution >= 4 is 21.7 Å². The predicted octanol–water partition coefficient (Wildman–Crippen LogP) is 1.02. The summed E-state index contributed by atoms with van der Waals surface area (Å²) in [6.07, 6.45) is 1.03. The van der Waals surface area contributed by atoms with E-state index in [1.54, 1.807) is 31.2 Å². The monoisotopic (exact) mass is 287 g/mol. The molecular formula is C12H17NO5S. The van der Waals surface area contributed by atoms with Crippen molar-refractivity contribution in [3.05, 3.63) is 24.3 Å². The minimum atomic E-state index is -3.61. The standard InChI is InChI=1S/C12H17NO5S/c1-4-18-12(14)9-13(19(3,15)16)10-7-5-6-8-11(10)17-2/h5-8H,4,9H2,1-3H3. The molecule has 0 radical (unpaired) electrons. The molecule has 19 heavy (non-hydrogen) atoms. The molecular weight excluding hydrogens is 270 g/mol. The van der Waals surface area contributed by atoms with Gasteiger partial charge in [0.25, 0.3) is 0 Å². The lowest BCUT2D eigenvalue weighted by Gasteiger charge is -2.23. The molecule has 0 unspecified atom stereocenters. The van der Waals surface area contributed by atoms with Gasteiger partial charge in [0, 0.05) is 0 Å². The van der Waals surface area contributed by atoms with Crippen molar-refractivity contribution in [3.63, 3.8) is 0 Å². The highest BCUT2D eigenvalue weighted by Gasteiger charge is 2.24. The summed E-state index contributed by atoms with van der Waals surface area (Å²) in [7, 11) is -2.18. The number of nitrogens with zero attached hydrogens (tertiary/aromatic N) is 1. The van der Waals surface area contributed by atoms with Gasteiger partial charge in [0.1, 0.15) is 12.3 Å². The molecule has 0 fully saturated rings. The molecule has 0 spiro atoms. The molecule has 0 aliphatic carbocycles. The fraction of sp³-hybridized carbons (Fsp3) is 0.417. The molecule has 0 aliphatic rings. The van der Waals surface area contributed by atoms with E-state index >= 15 is 0 Å². The molecule has 106 valence electrons. The molecule has 0 amide bonds. The second-order valence-electron chi connectivity index (χ2n) is 3.75. The van der Waals surface area contributed by atoms with Crippen LogP contribution in [0.4, 0.5) is 5.69 Å². The third kappa shape index (κ3) is 4.13. The molecule has 6 nitrogen and oxygen atoms in total. The predicted molar refractivity (Wildman–Crippen MR) is 71.8 cm³/mol. The number of esters is 1. The van der Waals surface area contributed by atoms with Crippen LogP contribution in [-0.4, -0.2) is 40.9 Å². The van der Waals surface area contributed by atoms with E-state index < -0.39 is 16.0 Å². The third-order valence-corrected chi connectivity index (χ3v) is 3.46. The molecule has 0 atom stereocenters. The smallest absolute Gasteiger partial charge is 0.326 e. The summed E-state index contributed by atoms with van der Waals surface area (Å²) in [4.78, 5) is 11.5. The van der Waals surface area contributed by atoms with Crippen molar-refractivity contribution in [1.29, 1.82) is 0 Å². The van der Waals surface area contributed by atoms with E-state index in [0.29, 0.717) is 11.4 Å².